The molecular formula is C20H21N5S2. The fraction of sp³-hybridized carbons (Fsp3) is 0.400. The summed E-state index contributed by atoms with van der Waals surface area (Å²) in [4.78, 5) is 11.0. The van der Waals surface area contributed by atoms with E-state index in [0.29, 0.717) is 0 Å². The number of pyridine rings is 1. The third-order valence-corrected chi connectivity index (χ3v) is 7.21. The van der Waals surface area contributed by atoms with Crippen molar-refractivity contribution in [3.63, 3.8) is 0 Å². The molecule has 0 fully saturated rings. The van der Waals surface area contributed by atoms with Crippen LogP contribution in [-0.2, 0) is 19.3 Å². The van der Waals surface area contributed by atoms with Crippen LogP contribution in [0.2, 0.25) is 0 Å². The smallest absolute Gasteiger partial charge is 0.197 e. The van der Waals surface area contributed by atoms with Crippen LogP contribution in [0, 0.1) is 0 Å². The van der Waals surface area contributed by atoms with E-state index in [-0.39, 0.29) is 0 Å². The van der Waals surface area contributed by atoms with Gasteiger partial charge in [-0.1, -0.05) is 31.2 Å². The molecule has 0 bridgehead atoms. The Balaban J connectivity index is 1.80. The van der Waals surface area contributed by atoms with Gasteiger partial charge in [0, 0.05) is 16.8 Å². The van der Waals surface area contributed by atoms with Crippen LogP contribution >= 0.6 is 23.1 Å². The number of rotatable bonds is 5. The van der Waals surface area contributed by atoms with Crippen molar-refractivity contribution < 1.29 is 0 Å². The lowest BCUT2D eigenvalue weighted by Gasteiger charge is -2.19. The molecule has 0 amide bonds. The highest BCUT2D eigenvalue weighted by molar-refractivity contribution is 7.99. The fourth-order valence-electron chi connectivity index (χ4n) is 4.05. The second-order valence-corrected chi connectivity index (χ2v) is 8.94. The highest BCUT2D eigenvalue weighted by atomic mass is 32.2. The first-order chi connectivity index (χ1) is 13.3. The third kappa shape index (κ3) is 2.67. The standard InChI is InChI=1S/C20H21N5S2/c1-3-7-14-12-8-5-6-9-13(12)15-16-17(27-19(15)22-14)18-23-24-20(26-10-4-2)25(18)11-21-16/h4,11H,2-3,5-10H2,1H3. The summed E-state index contributed by atoms with van der Waals surface area (Å²) in [6, 6.07) is 0. The van der Waals surface area contributed by atoms with Gasteiger partial charge in [-0.2, -0.15) is 0 Å². The van der Waals surface area contributed by atoms with Crippen molar-refractivity contribution in [1.82, 2.24) is 24.6 Å². The molecule has 7 heteroatoms. The summed E-state index contributed by atoms with van der Waals surface area (Å²) in [6.07, 6.45) is 10.7. The van der Waals surface area contributed by atoms with Crippen molar-refractivity contribution in [2.75, 3.05) is 5.75 Å². The maximum Gasteiger partial charge on any atom is 0.197 e. The monoisotopic (exact) mass is 395 g/mol. The molecule has 0 unspecified atom stereocenters. The minimum Gasteiger partial charge on any atom is -0.259 e. The number of hydrogen-bond acceptors (Lipinski definition) is 6. The number of thiophene rings is 1. The van der Waals surface area contributed by atoms with E-state index in [2.05, 4.69) is 23.7 Å². The van der Waals surface area contributed by atoms with Gasteiger partial charge < -0.3 is 0 Å². The van der Waals surface area contributed by atoms with Gasteiger partial charge in [0.15, 0.2) is 10.8 Å². The van der Waals surface area contributed by atoms with Crippen LogP contribution in [0.5, 0.6) is 0 Å². The van der Waals surface area contributed by atoms with Crippen LogP contribution < -0.4 is 0 Å². The van der Waals surface area contributed by atoms with E-state index in [9.17, 15) is 0 Å². The molecule has 0 spiro atoms. The van der Waals surface area contributed by atoms with E-state index >= 15 is 0 Å². The van der Waals surface area contributed by atoms with Crippen LogP contribution in [-0.4, -0.2) is 30.3 Å². The topological polar surface area (TPSA) is 56.0 Å². The van der Waals surface area contributed by atoms with Crippen LogP contribution in [0.25, 0.3) is 26.1 Å². The van der Waals surface area contributed by atoms with E-state index in [4.69, 9.17) is 9.97 Å². The minimum atomic E-state index is 0.806. The van der Waals surface area contributed by atoms with Crippen molar-refractivity contribution in [2.24, 2.45) is 0 Å². The first kappa shape index (κ1) is 17.1. The molecule has 4 aromatic heterocycles. The van der Waals surface area contributed by atoms with Gasteiger partial charge in [0.25, 0.3) is 0 Å². The molecular weight excluding hydrogens is 374 g/mol. The van der Waals surface area contributed by atoms with Crippen molar-refractivity contribution in [3.05, 3.63) is 35.8 Å². The summed E-state index contributed by atoms with van der Waals surface area (Å²) in [7, 11) is 0. The lowest BCUT2D eigenvalue weighted by atomic mass is 9.88. The molecule has 138 valence electrons. The minimum absolute atomic E-state index is 0.806. The molecule has 4 aromatic rings. The molecule has 4 heterocycles. The van der Waals surface area contributed by atoms with Gasteiger partial charge in [0.05, 0.1) is 5.52 Å². The van der Waals surface area contributed by atoms with E-state index in [0.717, 1.165) is 57.3 Å². The average molecular weight is 396 g/mol. The molecule has 1 aliphatic carbocycles. The maximum absolute atomic E-state index is 5.08. The number of aromatic nitrogens is 5. The number of thioether (sulfide) groups is 1. The fourth-order valence-corrected chi connectivity index (χ4v) is 5.84. The first-order valence-corrected chi connectivity index (χ1v) is 11.3. The summed E-state index contributed by atoms with van der Waals surface area (Å²) in [5.41, 5.74) is 6.20. The van der Waals surface area contributed by atoms with Crippen LogP contribution in [0.4, 0.5) is 0 Å². The predicted molar refractivity (Wildman–Crippen MR) is 113 cm³/mol. The van der Waals surface area contributed by atoms with Crippen molar-refractivity contribution >= 4 is 49.2 Å². The van der Waals surface area contributed by atoms with Gasteiger partial charge in [0.1, 0.15) is 15.9 Å². The van der Waals surface area contributed by atoms with Crippen LogP contribution in [0.1, 0.15) is 43.0 Å². The van der Waals surface area contributed by atoms with E-state index in [1.807, 2.05) is 16.8 Å². The second kappa shape index (κ2) is 6.87. The Morgan fingerprint density at radius 2 is 2.11 bits per heavy atom. The molecule has 0 atom stereocenters. The summed E-state index contributed by atoms with van der Waals surface area (Å²) in [6.45, 7) is 6.01. The van der Waals surface area contributed by atoms with Crippen molar-refractivity contribution in [2.45, 2.75) is 50.6 Å². The van der Waals surface area contributed by atoms with Gasteiger partial charge >= 0.3 is 0 Å². The average Bonchev–Trinajstić information content (AvgIpc) is 3.27. The van der Waals surface area contributed by atoms with Crippen molar-refractivity contribution in [3.8, 4) is 0 Å². The molecule has 0 aromatic carbocycles. The molecule has 0 radical (unpaired) electrons. The SMILES string of the molecule is C=CCSc1nnc2c3sc4nc(CCC)c5c(c4c3ncn12)CCCC5. The highest BCUT2D eigenvalue weighted by Gasteiger charge is 2.23. The molecule has 1 aliphatic rings. The summed E-state index contributed by atoms with van der Waals surface area (Å²) in [5, 5.41) is 10.9. The Labute approximate surface area is 165 Å². The second-order valence-electron chi connectivity index (χ2n) is 6.95. The van der Waals surface area contributed by atoms with Crippen molar-refractivity contribution in [1.29, 1.82) is 0 Å². The summed E-state index contributed by atoms with van der Waals surface area (Å²) in [5.74, 6) is 0.806. The Kier molecular flexibility index (Phi) is 4.36. The molecule has 0 aliphatic heterocycles. The molecule has 27 heavy (non-hydrogen) atoms. The Morgan fingerprint density at radius 1 is 1.26 bits per heavy atom. The largest absolute Gasteiger partial charge is 0.259 e. The van der Waals surface area contributed by atoms with E-state index < -0.39 is 0 Å². The normalized spacial score (nSPS) is 14.3. The zero-order chi connectivity index (χ0) is 18.4. The molecule has 0 N–H and O–H groups in total. The Hall–Kier alpha value is -1.99. The van der Waals surface area contributed by atoms with Gasteiger partial charge in [-0.3, -0.25) is 4.40 Å². The Bertz CT molecular complexity index is 1170. The zero-order valence-corrected chi connectivity index (χ0v) is 17.0. The molecule has 5 nitrogen and oxygen atoms in total. The van der Waals surface area contributed by atoms with Gasteiger partial charge in [-0.05, 0) is 43.2 Å². The number of fused-ring (bicyclic) bond motifs is 7. The summed E-state index contributed by atoms with van der Waals surface area (Å²) < 4.78 is 3.09. The van der Waals surface area contributed by atoms with E-state index in [1.165, 1.54) is 35.0 Å². The molecule has 0 saturated heterocycles. The Morgan fingerprint density at radius 3 is 2.93 bits per heavy atom. The zero-order valence-electron chi connectivity index (χ0n) is 15.4. The number of hydrogen-bond donors (Lipinski definition) is 0. The quantitative estimate of drug-likeness (QED) is 0.352. The molecule has 0 saturated carbocycles. The maximum atomic E-state index is 5.08. The van der Waals surface area contributed by atoms with Gasteiger partial charge in [-0.25, -0.2) is 9.97 Å². The predicted octanol–water partition coefficient (Wildman–Crippen LogP) is 5.00. The molecule has 5 rings (SSSR count). The summed E-state index contributed by atoms with van der Waals surface area (Å²) >= 11 is 3.34. The van der Waals surface area contributed by atoms with Gasteiger partial charge in [-0.15, -0.1) is 28.1 Å². The van der Waals surface area contributed by atoms with E-state index in [1.54, 1.807) is 23.1 Å². The lowest BCUT2D eigenvalue weighted by molar-refractivity contribution is 0.675. The lowest BCUT2D eigenvalue weighted by Crippen LogP contribution is -2.09. The number of aryl methyl sites for hydroxylation is 2. The van der Waals surface area contributed by atoms with Crippen LogP contribution in [0.3, 0.4) is 0 Å². The first-order valence-electron chi connectivity index (χ1n) is 9.52. The number of nitrogens with zero attached hydrogens (tertiary/aromatic N) is 5. The van der Waals surface area contributed by atoms with Crippen LogP contribution in [0.15, 0.2) is 24.1 Å². The van der Waals surface area contributed by atoms with Gasteiger partial charge in [0.2, 0.25) is 0 Å². The highest BCUT2D eigenvalue weighted by Crippen LogP contribution is 2.40. The third-order valence-electron chi connectivity index (χ3n) is 5.21.